The Bertz CT molecular complexity index is 773. The van der Waals surface area contributed by atoms with Crippen molar-refractivity contribution in [1.82, 2.24) is 15.3 Å². The molecule has 144 valence electrons. The van der Waals surface area contributed by atoms with Crippen LogP contribution in [0.15, 0.2) is 30.3 Å². The lowest BCUT2D eigenvalue weighted by Gasteiger charge is -2.28. The predicted octanol–water partition coefficient (Wildman–Crippen LogP) is 3.32. The number of hydrogen-bond acceptors (Lipinski definition) is 5. The lowest BCUT2D eigenvalue weighted by Crippen LogP contribution is -2.33. The van der Waals surface area contributed by atoms with Crippen molar-refractivity contribution in [2.75, 3.05) is 41.7 Å². The van der Waals surface area contributed by atoms with Crippen LogP contribution in [0.2, 0.25) is 0 Å². The van der Waals surface area contributed by atoms with Gasteiger partial charge >= 0.3 is 6.03 Å². The number of nitrogens with zero attached hydrogens (tertiary/aromatic N) is 3. The molecule has 0 aliphatic carbocycles. The third-order valence-electron chi connectivity index (χ3n) is 4.50. The summed E-state index contributed by atoms with van der Waals surface area (Å²) in [5.41, 5.74) is 1.90. The fraction of sp³-hybridized carbons (Fsp3) is 0.450. The van der Waals surface area contributed by atoms with Crippen LogP contribution < -0.4 is 20.9 Å². The molecule has 0 spiro atoms. The zero-order valence-electron chi connectivity index (χ0n) is 16.1. The van der Waals surface area contributed by atoms with Gasteiger partial charge < -0.3 is 20.9 Å². The maximum atomic E-state index is 12.0. The molecule has 2 amide bonds. The molecule has 2 heterocycles. The predicted molar refractivity (Wildman–Crippen MR) is 110 cm³/mol. The average Bonchev–Trinajstić information content (AvgIpc) is 2.65. The summed E-state index contributed by atoms with van der Waals surface area (Å²) in [6.45, 7) is 7.10. The highest BCUT2D eigenvalue weighted by Gasteiger charge is 2.13. The lowest BCUT2D eigenvalue weighted by molar-refractivity contribution is 0.252. The summed E-state index contributed by atoms with van der Waals surface area (Å²) < 4.78 is 0. The number of aromatic nitrogens is 2. The number of aryl methyl sites for hydroxylation is 2. The molecule has 3 N–H and O–H groups in total. The molecule has 0 bridgehead atoms. The topological polar surface area (TPSA) is 82.2 Å². The van der Waals surface area contributed by atoms with Gasteiger partial charge in [-0.1, -0.05) is 12.1 Å². The first-order chi connectivity index (χ1) is 13.1. The molecule has 0 unspecified atom stereocenters. The van der Waals surface area contributed by atoms with Crippen molar-refractivity contribution in [1.29, 1.82) is 0 Å². The molecule has 1 aliphatic heterocycles. The molecular weight excluding hydrogens is 340 g/mol. The van der Waals surface area contributed by atoms with E-state index in [1.54, 1.807) is 0 Å². The van der Waals surface area contributed by atoms with Gasteiger partial charge in [0, 0.05) is 37.9 Å². The standard InChI is InChI=1S/C20H28N6O/c1-15-7-6-8-17(13-15)25-20(27)22-10-9-21-18-14-19(24-16(2)23-18)26-11-4-3-5-12-26/h6-8,13-14H,3-5,9-12H2,1-2H3,(H,21,23,24)(H2,22,25,27). The largest absolute Gasteiger partial charge is 0.368 e. The normalized spacial score (nSPS) is 13.9. The second kappa shape index (κ2) is 9.21. The van der Waals surface area contributed by atoms with Crippen molar-refractivity contribution < 1.29 is 4.79 Å². The van der Waals surface area contributed by atoms with E-state index in [-0.39, 0.29) is 6.03 Å². The molecule has 1 aromatic heterocycles. The number of rotatable bonds is 6. The number of amides is 2. The maximum absolute atomic E-state index is 12.0. The summed E-state index contributed by atoms with van der Waals surface area (Å²) in [5.74, 6) is 2.53. The molecule has 1 aliphatic rings. The zero-order valence-corrected chi connectivity index (χ0v) is 16.1. The molecular formula is C20H28N6O. The molecule has 1 saturated heterocycles. The Labute approximate surface area is 160 Å². The van der Waals surface area contributed by atoms with Crippen LogP contribution in [0.5, 0.6) is 0 Å². The third kappa shape index (κ3) is 5.84. The second-order valence-corrected chi connectivity index (χ2v) is 6.88. The van der Waals surface area contributed by atoms with Gasteiger partial charge in [-0.05, 0) is 50.8 Å². The first kappa shape index (κ1) is 18.9. The van der Waals surface area contributed by atoms with Crippen molar-refractivity contribution in [2.24, 2.45) is 0 Å². The Balaban J connectivity index is 1.46. The van der Waals surface area contributed by atoms with E-state index in [1.165, 1.54) is 19.3 Å². The number of piperidine rings is 1. The minimum atomic E-state index is -0.213. The summed E-state index contributed by atoms with van der Waals surface area (Å²) in [7, 11) is 0. The number of carbonyl (C=O) groups is 1. The number of nitrogens with one attached hydrogen (secondary N) is 3. The quantitative estimate of drug-likeness (QED) is 0.682. The van der Waals surface area contributed by atoms with E-state index >= 15 is 0 Å². The molecule has 2 aromatic rings. The highest BCUT2D eigenvalue weighted by atomic mass is 16.2. The van der Waals surface area contributed by atoms with Gasteiger partial charge in [0.05, 0.1) is 0 Å². The van der Waals surface area contributed by atoms with E-state index in [2.05, 4.69) is 30.8 Å². The van der Waals surface area contributed by atoms with E-state index < -0.39 is 0 Å². The molecule has 7 heteroatoms. The highest BCUT2D eigenvalue weighted by Crippen LogP contribution is 2.20. The summed E-state index contributed by atoms with van der Waals surface area (Å²) in [4.78, 5) is 23.3. The van der Waals surface area contributed by atoms with Crippen LogP contribution in [0.4, 0.5) is 22.1 Å². The third-order valence-corrected chi connectivity index (χ3v) is 4.50. The van der Waals surface area contributed by atoms with Crippen molar-refractivity contribution in [2.45, 2.75) is 33.1 Å². The summed E-state index contributed by atoms with van der Waals surface area (Å²) in [5, 5.41) is 8.95. The van der Waals surface area contributed by atoms with Crippen LogP contribution in [-0.2, 0) is 0 Å². The minimum Gasteiger partial charge on any atom is -0.368 e. The number of anilines is 3. The van der Waals surface area contributed by atoms with Gasteiger partial charge in [-0.3, -0.25) is 0 Å². The van der Waals surface area contributed by atoms with E-state index in [1.807, 2.05) is 44.2 Å². The molecule has 7 nitrogen and oxygen atoms in total. The van der Waals surface area contributed by atoms with Gasteiger partial charge in [0.2, 0.25) is 0 Å². The maximum Gasteiger partial charge on any atom is 0.319 e. The Morgan fingerprint density at radius 2 is 1.89 bits per heavy atom. The average molecular weight is 368 g/mol. The number of hydrogen-bond donors (Lipinski definition) is 3. The first-order valence-corrected chi connectivity index (χ1v) is 9.56. The van der Waals surface area contributed by atoms with E-state index in [9.17, 15) is 4.79 Å². The zero-order chi connectivity index (χ0) is 19.1. The lowest BCUT2D eigenvalue weighted by atomic mass is 10.1. The fourth-order valence-electron chi connectivity index (χ4n) is 3.19. The van der Waals surface area contributed by atoms with Gasteiger partial charge in [-0.2, -0.15) is 0 Å². The molecule has 1 fully saturated rings. The first-order valence-electron chi connectivity index (χ1n) is 9.56. The molecule has 3 rings (SSSR count). The van der Waals surface area contributed by atoms with Gasteiger partial charge in [0.25, 0.3) is 0 Å². The molecule has 0 saturated carbocycles. The Morgan fingerprint density at radius 3 is 2.67 bits per heavy atom. The van der Waals surface area contributed by atoms with Crippen LogP contribution >= 0.6 is 0 Å². The fourth-order valence-corrected chi connectivity index (χ4v) is 3.19. The van der Waals surface area contributed by atoms with Gasteiger partial charge in [0.1, 0.15) is 17.5 Å². The molecule has 0 atom stereocenters. The van der Waals surface area contributed by atoms with E-state index in [4.69, 9.17) is 0 Å². The minimum absolute atomic E-state index is 0.213. The number of urea groups is 1. The van der Waals surface area contributed by atoms with Crippen LogP contribution in [0.1, 0.15) is 30.7 Å². The molecule has 1 aromatic carbocycles. The SMILES string of the molecule is Cc1cccc(NC(=O)NCCNc2cc(N3CCCCC3)nc(C)n2)c1. The van der Waals surface area contributed by atoms with Crippen molar-refractivity contribution >= 4 is 23.4 Å². The van der Waals surface area contributed by atoms with Crippen LogP contribution in [0, 0.1) is 13.8 Å². The Kier molecular flexibility index (Phi) is 6.46. The molecule has 0 radical (unpaired) electrons. The van der Waals surface area contributed by atoms with E-state index in [0.717, 1.165) is 41.8 Å². The summed E-state index contributed by atoms with van der Waals surface area (Å²) in [6.07, 6.45) is 3.72. The van der Waals surface area contributed by atoms with Gasteiger partial charge in [-0.15, -0.1) is 0 Å². The van der Waals surface area contributed by atoms with Crippen molar-refractivity contribution in [3.63, 3.8) is 0 Å². The van der Waals surface area contributed by atoms with E-state index in [0.29, 0.717) is 13.1 Å². The second-order valence-electron chi connectivity index (χ2n) is 6.88. The number of carbonyl (C=O) groups excluding carboxylic acids is 1. The highest BCUT2D eigenvalue weighted by molar-refractivity contribution is 5.89. The van der Waals surface area contributed by atoms with Crippen LogP contribution in [0.25, 0.3) is 0 Å². The van der Waals surface area contributed by atoms with Crippen LogP contribution in [-0.4, -0.2) is 42.2 Å². The van der Waals surface area contributed by atoms with Crippen molar-refractivity contribution in [3.8, 4) is 0 Å². The Hall–Kier alpha value is -2.83. The monoisotopic (exact) mass is 368 g/mol. The Morgan fingerprint density at radius 1 is 1.07 bits per heavy atom. The van der Waals surface area contributed by atoms with Crippen LogP contribution in [0.3, 0.4) is 0 Å². The van der Waals surface area contributed by atoms with Crippen molar-refractivity contribution in [3.05, 3.63) is 41.7 Å². The number of benzene rings is 1. The molecule has 27 heavy (non-hydrogen) atoms. The summed E-state index contributed by atoms with van der Waals surface area (Å²) in [6, 6.07) is 9.50. The summed E-state index contributed by atoms with van der Waals surface area (Å²) >= 11 is 0. The smallest absolute Gasteiger partial charge is 0.319 e. The van der Waals surface area contributed by atoms with Gasteiger partial charge in [-0.25, -0.2) is 14.8 Å². The van der Waals surface area contributed by atoms with Gasteiger partial charge in [0.15, 0.2) is 0 Å².